The zero-order valence-electron chi connectivity index (χ0n) is 13.9. The summed E-state index contributed by atoms with van der Waals surface area (Å²) < 4.78 is 14.4. The van der Waals surface area contributed by atoms with Crippen LogP contribution in [0.1, 0.15) is 0 Å². The minimum absolute atomic E-state index is 0.0394. The lowest BCUT2D eigenvalue weighted by Gasteiger charge is -2.01. The number of aromatic nitrogens is 2. The molecule has 2 aromatic rings. The minimum Gasteiger partial charge on any atom is -0.423 e. The molecule has 0 aromatic carbocycles. The third-order valence-electron chi connectivity index (χ3n) is 2.47. The maximum absolute atomic E-state index is 10.7. The molecule has 0 aliphatic rings. The van der Waals surface area contributed by atoms with Crippen LogP contribution in [-0.2, 0) is 14.0 Å². The Bertz CT molecular complexity index is 701. The monoisotopic (exact) mass is 416 g/mol. The Hall–Kier alpha value is -1.69. The Kier molecular flexibility index (Phi) is 12.7. The summed E-state index contributed by atoms with van der Waals surface area (Å²) >= 11 is 3.05. The molecule has 0 spiro atoms. The van der Waals surface area contributed by atoms with Crippen LogP contribution in [0, 0.1) is 0 Å². The van der Waals surface area contributed by atoms with Crippen LogP contribution in [-0.4, -0.2) is 55.8 Å². The van der Waals surface area contributed by atoms with Crippen molar-refractivity contribution >= 4 is 35.8 Å². The first-order chi connectivity index (χ1) is 11.9. The van der Waals surface area contributed by atoms with E-state index in [1.165, 1.54) is 39.7 Å². The SMILES string of the molecule is COB(OC)OC.O=c1[nH]cccc1B(O)O.O=c1[nH]cccc1Br. The van der Waals surface area contributed by atoms with Gasteiger partial charge in [0, 0.05) is 39.2 Å². The fourth-order valence-electron chi connectivity index (χ4n) is 1.33. The average molecular weight is 417 g/mol. The third-order valence-corrected chi connectivity index (χ3v) is 3.10. The van der Waals surface area contributed by atoms with E-state index in [-0.39, 0.29) is 11.0 Å². The topological polar surface area (TPSA) is 134 Å². The molecule has 25 heavy (non-hydrogen) atoms. The molecule has 2 heterocycles. The van der Waals surface area contributed by atoms with E-state index in [9.17, 15) is 9.59 Å². The average Bonchev–Trinajstić information content (AvgIpc) is 2.60. The summed E-state index contributed by atoms with van der Waals surface area (Å²) in [7, 11) is 2.33. The Morgan fingerprint density at radius 1 is 0.920 bits per heavy atom. The molecule has 0 aliphatic heterocycles. The molecule has 4 N–H and O–H groups in total. The van der Waals surface area contributed by atoms with E-state index in [1.54, 1.807) is 18.3 Å². The molecule has 12 heteroatoms. The normalized spacial score (nSPS) is 9.20. The highest BCUT2D eigenvalue weighted by Gasteiger charge is 2.13. The molecule has 0 amide bonds. The number of pyridine rings is 2. The zero-order valence-corrected chi connectivity index (χ0v) is 15.5. The highest BCUT2D eigenvalue weighted by molar-refractivity contribution is 9.10. The zero-order chi connectivity index (χ0) is 19.2. The molecule has 0 atom stereocenters. The van der Waals surface area contributed by atoms with Gasteiger partial charge < -0.3 is 34.0 Å². The summed E-state index contributed by atoms with van der Waals surface area (Å²) in [6.07, 6.45) is 3.02. The van der Waals surface area contributed by atoms with E-state index in [0.717, 1.165) is 0 Å². The van der Waals surface area contributed by atoms with Gasteiger partial charge in [-0.05, 0) is 34.1 Å². The number of H-pyrrole nitrogens is 2. The highest BCUT2D eigenvalue weighted by atomic mass is 79.9. The maximum atomic E-state index is 10.7. The lowest BCUT2D eigenvalue weighted by atomic mass is 9.81. The van der Waals surface area contributed by atoms with Gasteiger partial charge >= 0.3 is 14.4 Å². The number of hydrogen-bond donors (Lipinski definition) is 4. The van der Waals surface area contributed by atoms with Gasteiger partial charge in [0.05, 0.1) is 4.47 Å². The predicted octanol–water partition coefficient (Wildman–Crippen LogP) is -0.897. The van der Waals surface area contributed by atoms with Crippen LogP contribution in [0.5, 0.6) is 0 Å². The molecule has 0 bridgehead atoms. The Labute approximate surface area is 153 Å². The van der Waals surface area contributed by atoms with E-state index in [2.05, 4.69) is 39.9 Å². The van der Waals surface area contributed by atoms with Crippen LogP contribution in [0.2, 0.25) is 0 Å². The molecule has 136 valence electrons. The quantitative estimate of drug-likeness (QED) is 0.475. The lowest BCUT2D eigenvalue weighted by molar-refractivity contribution is 0.163. The van der Waals surface area contributed by atoms with E-state index >= 15 is 0 Å². The number of halogens is 1. The summed E-state index contributed by atoms with van der Waals surface area (Å²) in [5, 5.41) is 17.1. The first kappa shape index (κ1) is 23.3. The van der Waals surface area contributed by atoms with Crippen molar-refractivity contribution in [3.05, 3.63) is 61.8 Å². The summed E-state index contributed by atoms with van der Waals surface area (Å²) in [6, 6.07) is 6.32. The number of hydrogen-bond acceptors (Lipinski definition) is 7. The van der Waals surface area contributed by atoms with Crippen molar-refractivity contribution in [3.63, 3.8) is 0 Å². The molecular weight excluding hydrogens is 398 g/mol. The highest BCUT2D eigenvalue weighted by Crippen LogP contribution is 1.97. The molecule has 0 fully saturated rings. The summed E-state index contributed by atoms with van der Waals surface area (Å²) in [6.45, 7) is 0. The Balaban J connectivity index is 0.000000353. The van der Waals surface area contributed by atoms with Gasteiger partial charge in [-0.3, -0.25) is 9.59 Å². The van der Waals surface area contributed by atoms with Crippen molar-refractivity contribution in [3.8, 4) is 0 Å². The lowest BCUT2D eigenvalue weighted by Crippen LogP contribution is -2.42. The molecule has 9 nitrogen and oxygen atoms in total. The van der Waals surface area contributed by atoms with Crippen molar-refractivity contribution in [1.82, 2.24) is 9.97 Å². The second-order valence-corrected chi connectivity index (χ2v) is 5.03. The number of rotatable bonds is 4. The van der Waals surface area contributed by atoms with Crippen LogP contribution in [0.3, 0.4) is 0 Å². The standard InChI is InChI=1S/C5H6BNO3.C5H4BrNO.C3H9BO3/c8-5-4(6(9)10)2-1-3-7-5;6-4-2-1-3-7-5(4)8;1-5-4(6-2)7-3/h1-3,9-10H,(H,7,8);1-3H,(H,7,8);1-3H3. The largest absolute Gasteiger partial charge is 0.638 e. The molecule has 0 saturated carbocycles. The molecule has 0 radical (unpaired) electrons. The molecule has 0 saturated heterocycles. The summed E-state index contributed by atoms with van der Waals surface area (Å²) in [4.78, 5) is 26.0. The fraction of sp³-hybridized carbons (Fsp3) is 0.231. The first-order valence-electron chi connectivity index (χ1n) is 6.82. The third kappa shape index (κ3) is 10.0. The number of aromatic amines is 2. The first-order valence-corrected chi connectivity index (χ1v) is 7.62. The van der Waals surface area contributed by atoms with Crippen molar-refractivity contribution in [2.24, 2.45) is 0 Å². The maximum Gasteiger partial charge on any atom is 0.638 e. The fourth-order valence-corrected chi connectivity index (χ4v) is 1.59. The second-order valence-electron chi connectivity index (χ2n) is 4.17. The van der Waals surface area contributed by atoms with Gasteiger partial charge in [0.1, 0.15) is 0 Å². The molecule has 0 unspecified atom stereocenters. The van der Waals surface area contributed by atoms with Gasteiger partial charge in [0.25, 0.3) is 5.56 Å². The molecule has 2 aromatic heterocycles. The Morgan fingerprint density at radius 2 is 1.40 bits per heavy atom. The van der Waals surface area contributed by atoms with Gasteiger partial charge in [-0.2, -0.15) is 0 Å². The van der Waals surface area contributed by atoms with Crippen LogP contribution >= 0.6 is 15.9 Å². The smallest absolute Gasteiger partial charge is 0.423 e. The van der Waals surface area contributed by atoms with Gasteiger partial charge in [0.2, 0.25) is 5.56 Å². The van der Waals surface area contributed by atoms with Crippen molar-refractivity contribution in [1.29, 1.82) is 0 Å². The van der Waals surface area contributed by atoms with Crippen molar-refractivity contribution in [2.75, 3.05) is 21.3 Å². The van der Waals surface area contributed by atoms with Crippen LogP contribution in [0.25, 0.3) is 0 Å². The van der Waals surface area contributed by atoms with Crippen LogP contribution in [0.15, 0.2) is 50.7 Å². The second kappa shape index (κ2) is 13.6. The van der Waals surface area contributed by atoms with E-state index in [1.807, 2.05) is 0 Å². The van der Waals surface area contributed by atoms with E-state index in [4.69, 9.17) is 10.0 Å². The number of nitrogens with one attached hydrogen (secondary N) is 2. The molecule has 0 aliphatic carbocycles. The van der Waals surface area contributed by atoms with Crippen LogP contribution in [0.4, 0.5) is 0 Å². The van der Waals surface area contributed by atoms with Crippen LogP contribution < -0.4 is 16.6 Å². The van der Waals surface area contributed by atoms with Crippen molar-refractivity contribution in [2.45, 2.75) is 0 Å². The van der Waals surface area contributed by atoms with Gasteiger partial charge in [-0.25, -0.2) is 0 Å². The van der Waals surface area contributed by atoms with Gasteiger partial charge in [-0.15, -0.1) is 0 Å². The van der Waals surface area contributed by atoms with Crippen molar-refractivity contribution < 1.29 is 24.0 Å². The summed E-state index contributed by atoms with van der Waals surface area (Å²) in [5.41, 5.74) is -0.604. The van der Waals surface area contributed by atoms with Gasteiger partial charge in [0.15, 0.2) is 0 Å². The Morgan fingerprint density at radius 3 is 1.64 bits per heavy atom. The summed E-state index contributed by atoms with van der Waals surface area (Å²) in [5.74, 6) is 0. The molecule has 2 rings (SSSR count). The molecular formula is C13H19B2BrN2O7. The van der Waals surface area contributed by atoms with E-state index < -0.39 is 20.0 Å². The predicted molar refractivity (Wildman–Crippen MR) is 98.4 cm³/mol. The van der Waals surface area contributed by atoms with Gasteiger partial charge in [-0.1, -0.05) is 6.07 Å². The van der Waals surface area contributed by atoms with E-state index in [0.29, 0.717) is 4.47 Å². The minimum atomic E-state index is -1.69.